The number of ether oxygens (including phenoxy) is 1. The molecule has 0 saturated heterocycles. The van der Waals surface area contributed by atoms with Crippen molar-refractivity contribution in [2.24, 2.45) is 0 Å². The summed E-state index contributed by atoms with van der Waals surface area (Å²) in [5.41, 5.74) is -0.941. The quantitative estimate of drug-likeness (QED) is 0.892. The zero-order chi connectivity index (χ0) is 12.3. The van der Waals surface area contributed by atoms with E-state index in [2.05, 4.69) is 15.9 Å². The molecule has 0 atom stereocenters. The van der Waals surface area contributed by atoms with Crippen molar-refractivity contribution in [1.82, 2.24) is 0 Å². The molecule has 0 aliphatic heterocycles. The van der Waals surface area contributed by atoms with E-state index in [-0.39, 0.29) is 17.9 Å². The first-order valence-corrected chi connectivity index (χ1v) is 5.47. The molecule has 0 unspecified atom stereocenters. The van der Waals surface area contributed by atoms with E-state index in [0.717, 1.165) is 0 Å². The van der Waals surface area contributed by atoms with Crippen LogP contribution in [0, 0.1) is 0 Å². The molecular formula is C11H13BrO4. The van der Waals surface area contributed by atoms with Crippen molar-refractivity contribution in [3.63, 3.8) is 0 Å². The van der Waals surface area contributed by atoms with Crippen LogP contribution in [0.4, 0.5) is 0 Å². The first kappa shape index (κ1) is 13.0. The van der Waals surface area contributed by atoms with Crippen LogP contribution < -0.4 is 4.74 Å². The number of halogens is 1. The minimum Gasteiger partial charge on any atom is -0.489 e. The van der Waals surface area contributed by atoms with Gasteiger partial charge in [0.15, 0.2) is 0 Å². The summed E-state index contributed by atoms with van der Waals surface area (Å²) in [5.74, 6) is -0.829. The Hall–Kier alpha value is -1.07. The number of aromatic carboxylic acids is 1. The molecule has 0 heterocycles. The van der Waals surface area contributed by atoms with Gasteiger partial charge in [0.2, 0.25) is 0 Å². The van der Waals surface area contributed by atoms with Crippen LogP contribution in [-0.4, -0.2) is 28.4 Å². The highest BCUT2D eigenvalue weighted by molar-refractivity contribution is 9.10. The van der Waals surface area contributed by atoms with Crippen LogP contribution in [0.1, 0.15) is 24.2 Å². The van der Waals surface area contributed by atoms with Gasteiger partial charge in [0.25, 0.3) is 0 Å². The molecular weight excluding hydrogens is 276 g/mol. The number of rotatable bonds is 4. The van der Waals surface area contributed by atoms with Crippen LogP contribution in [-0.2, 0) is 0 Å². The SMILES string of the molecule is CC(C)(O)COc1c(Br)cccc1C(=O)O. The Labute approximate surface area is 102 Å². The molecule has 0 amide bonds. The van der Waals surface area contributed by atoms with Crippen LogP contribution >= 0.6 is 15.9 Å². The topological polar surface area (TPSA) is 66.8 Å². The van der Waals surface area contributed by atoms with Gasteiger partial charge in [-0.05, 0) is 41.9 Å². The van der Waals surface area contributed by atoms with Gasteiger partial charge in [-0.2, -0.15) is 0 Å². The fraction of sp³-hybridized carbons (Fsp3) is 0.364. The van der Waals surface area contributed by atoms with E-state index in [4.69, 9.17) is 9.84 Å². The zero-order valence-corrected chi connectivity index (χ0v) is 10.6. The molecule has 0 aromatic heterocycles. The lowest BCUT2D eigenvalue weighted by Gasteiger charge is -2.19. The minimum atomic E-state index is -1.06. The monoisotopic (exact) mass is 288 g/mol. The fourth-order valence-corrected chi connectivity index (χ4v) is 1.55. The number of hydrogen-bond donors (Lipinski definition) is 2. The van der Waals surface area contributed by atoms with Gasteiger partial charge in [-0.15, -0.1) is 0 Å². The molecule has 1 aromatic rings. The normalized spacial score (nSPS) is 11.2. The van der Waals surface area contributed by atoms with Crippen LogP contribution in [0.5, 0.6) is 5.75 Å². The standard InChI is InChI=1S/C11H13BrO4/c1-11(2,15)6-16-9-7(10(13)14)4-3-5-8(9)12/h3-5,15H,6H2,1-2H3,(H,13,14). The number of carboxylic acid groups (broad SMARTS) is 1. The first-order valence-electron chi connectivity index (χ1n) is 4.68. The van der Waals surface area contributed by atoms with Gasteiger partial charge in [-0.25, -0.2) is 4.79 Å². The summed E-state index contributed by atoms with van der Waals surface area (Å²) in [6.07, 6.45) is 0. The molecule has 5 heteroatoms. The molecule has 0 aliphatic rings. The van der Waals surface area contributed by atoms with Crippen molar-refractivity contribution in [2.45, 2.75) is 19.4 Å². The number of carbonyl (C=O) groups is 1. The van der Waals surface area contributed by atoms with Gasteiger partial charge < -0.3 is 14.9 Å². The number of carboxylic acids is 1. The Bertz CT molecular complexity index is 395. The van der Waals surface area contributed by atoms with Crippen LogP contribution in [0.2, 0.25) is 0 Å². The maximum atomic E-state index is 10.9. The Morgan fingerprint density at radius 1 is 1.50 bits per heavy atom. The predicted octanol–water partition coefficient (Wildman–Crippen LogP) is 2.30. The number of hydrogen-bond acceptors (Lipinski definition) is 3. The van der Waals surface area contributed by atoms with Gasteiger partial charge in [-0.1, -0.05) is 6.07 Å². The minimum absolute atomic E-state index is 0.0237. The van der Waals surface area contributed by atoms with Gasteiger partial charge in [0, 0.05) is 0 Å². The maximum absolute atomic E-state index is 10.9. The average Bonchev–Trinajstić information content (AvgIpc) is 2.13. The van der Waals surface area contributed by atoms with Crippen molar-refractivity contribution in [3.05, 3.63) is 28.2 Å². The van der Waals surface area contributed by atoms with Crippen LogP contribution in [0.3, 0.4) is 0 Å². The first-order chi connectivity index (χ1) is 7.31. The second-order valence-corrected chi connectivity index (χ2v) is 4.88. The molecule has 88 valence electrons. The lowest BCUT2D eigenvalue weighted by atomic mass is 10.1. The molecule has 16 heavy (non-hydrogen) atoms. The van der Waals surface area contributed by atoms with Crippen LogP contribution in [0.25, 0.3) is 0 Å². The van der Waals surface area contributed by atoms with E-state index < -0.39 is 11.6 Å². The van der Waals surface area contributed by atoms with E-state index in [1.165, 1.54) is 6.07 Å². The largest absolute Gasteiger partial charge is 0.489 e. The molecule has 0 aliphatic carbocycles. The van der Waals surface area contributed by atoms with Crippen LogP contribution in [0.15, 0.2) is 22.7 Å². The number of aliphatic hydroxyl groups is 1. The molecule has 2 N–H and O–H groups in total. The summed E-state index contributed by atoms with van der Waals surface area (Å²) in [7, 11) is 0. The van der Waals surface area contributed by atoms with Crippen molar-refractivity contribution < 1.29 is 19.7 Å². The second-order valence-electron chi connectivity index (χ2n) is 4.02. The van der Waals surface area contributed by atoms with Crippen molar-refractivity contribution in [2.75, 3.05) is 6.61 Å². The summed E-state index contributed by atoms with van der Waals surface area (Å²) >= 11 is 3.21. The zero-order valence-electron chi connectivity index (χ0n) is 9.03. The predicted molar refractivity (Wildman–Crippen MR) is 62.9 cm³/mol. The molecule has 4 nitrogen and oxygen atoms in total. The molecule has 0 fully saturated rings. The van der Waals surface area contributed by atoms with E-state index in [1.54, 1.807) is 26.0 Å². The number of para-hydroxylation sites is 1. The Balaban J connectivity index is 2.98. The van der Waals surface area contributed by atoms with Gasteiger partial charge in [0.05, 0.1) is 10.1 Å². The summed E-state index contributed by atoms with van der Waals surface area (Å²) < 4.78 is 5.87. The van der Waals surface area contributed by atoms with Crippen molar-refractivity contribution in [3.8, 4) is 5.75 Å². The highest BCUT2D eigenvalue weighted by atomic mass is 79.9. The summed E-state index contributed by atoms with van der Waals surface area (Å²) in [6.45, 7) is 3.20. The molecule has 0 spiro atoms. The number of benzene rings is 1. The maximum Gasteiger partial charge on any atom is 0.339 e. The average molecular weight is 289 g/mol. The van der Waals surface area contributed by atoms with E-state index in [1.807, 2.05) is 0 Å². The fourth-order valence-electron chi connectivity index (χ4n) is 1.07. The van der Waals surface area contributed by atoms with Gasteiger partial charge in [-0.3, -0.25) is 0 Å². The summed E-state index contributed by atoms with van der Waals surface area (Å²) in [6, 6.07) is 4.75. The molecule has 0 radical (unpaired) electrons. The molecule has 0 saturated carbocycles. The third-order valence-corrected chi connectivity index (χ3v) is 2.39. The second kappa shape index (κ2) is 4.84. The third-order valence-electron chi connectivity index (χ3n) is 1.77. The smallest absolute Gasteiger partial charge is 0.339 e. The lowest BCUT2D eigenvalue weighted by molar-refractivity contribution is 0.0272. The van der Waals surface area contributed by atoms with E-state index in [0.29, 0.717) is 4.47 Å². The van der Waals surface area contributed by atoms with Crippen molar-refractivity contribution in [1.29, 1.82) is 0 Å². The Kier molecular flexibility index (Phi) is 3.93. The van der Waals surface area contributed by atoms with E-state index in [9.17, 15) is 9.90 Å². The Morgan fingerprint density at radius 3 is 2.62 bits per heavy atom. The van der Waals surface area contributed by atoms with Crippen molar-refractivity contribution >= 4 is 21.9 Å². The molecule has 1 rings (SSSR count). The summed E-state index contributed by atoms with van der Waals surface area (Å²) in [5, 5.41) is 18.5. The van der Waals surface area contributed by atoms with E-state index >= 15 is 0 Å². The highest BCUT2D eigenvalue weighted by Gasteiger charge is 2.18. The summed E-state index contributed by atoms with van der Waals surface area (Å²) in [4.78, 5) is 10.9. The molecule has 0 bridgehead atoms. The highest BCUT2D eigenvalue weighted by Crippen LogP contribution is 2.29. The van der Waals surface area contributed by atoms with Gasteiger partial charge in [0.1, 0.15) is 17.9 Å². The Morgan fingerprint density at radius 2 is 2.12 bits per heavy atom. The van der Waals surface area contributed by atoms with Gasteiger partial charge >= 0.3 is 5.97 Å². The third kappa shape index (κ3) is 3.50. The molecule has 1 aromatic carbocycles. The lowest BCUT2D eigenvalue weighted by Crippen LogP contribution is -2.28.